The minimum Gasteiger partial charge on any atom is -0.496 e. The predicted octanol–water partition coefficient (Wildman–Crippen LogP) is 3.37. The van der Waals surface area contributed by atoms with Crippen molar-refractivity contribution < 1.29 is 23.5 Å². The highest BCUT2D eigenvalue weighted by molar-refractivity contribution is 6.04. The van der Waals surface area contributed by atoms with E-state index in [1.807, 2.05) is 42.5 Å². The van der Waals surface area contributed by atoms with Crippen molar-refractivity contribution in [2.24, 2.45) is 0 Å². The van der Waals surface area contributed by atoms with E-state index in [2.05, 4.69) is 11.2 Å². The number of terminal acetylenes is 1. The lowest BCUT2D eigenvalue weighted by molar-refractivity contribution is -0.133. The Bertz CT molecular complexity index is 1210. The first-order valence-electron chi connectivity index (χ1n) is 10.3. The number of benzene rings is 2. The van der Waals surface area contributed by atoms with E-state index in [-0.39, 0.29) is 37.8 Å². The molecule has 0 aliphatic carbocycles. The van der Waals surface area contributed by atoms with Gasteiger partial charge in [0.25, 0.3) is 5.91 Å². The maximum Gasteiger partial charge on any atom is 0.294 e. The van der Waals surface area contributed by atoms with Gasteiger partial charge in [-0.25, -0.2) is 0 Å². The molecule has 0 spiro atoms. The van der Waals surface area contributed by atoms with Crippen LogP contribution in [-0.2, 0) is 11.3 Å². The van der Waals surface area contributed by atoms with Gasteiger partial charge in [-0.15, -0.1) is 12.3 Å². The molecule has 2 aromatic carbocycles. The molecule has 1 aromatic heterocycles. The van der Waals surface area contributed by atoms with Crippen molar-refractivity contribution in [1.82, 2.24) is 10.2 Å². The molecule has 4 rings (SSSR count). The summed E-state index contributed by atoms with van der Waals surface area (Å²) in [6.07, 6.45) is 5.75. The highest BCUT2D eigenvalue weighted by Gasteiger charge is 2.47. The Kier molecular flexibility index (Phi) is 5.78. The van der Waals surface area contributed by atoms with E-state index in [1.54, 1.807) is 20.1 Å². The van der Waals surface area contributed by atoms with Gasteiger partial charge in [-0.3, -0.25) is 9.59 Å². The van der Waals surface area contributed by atoms with Crippen LogP contribution in [-0.4, -0.2) is 42.5 Å². The summed E-state index contributed by atoms with van der Waals surface area (Å²) >= 11 is 0. The van der Waals surface area contributed by atoms with Crippen LogP contribution < -0.4 is 14.8 Å². The van der Waals surface area contributed by atoms with Crippen molar-refractivity contribution in [3.63, 3.8) is 0 Å². The van der Waals surface area contributed by atoms with E-state index < -0.39 is 11.4 Å². The van der Waals surface area contributed by atoms with Gasteiger partial charge < -0.3 is 24.1 Å². The standard InChI is InChI=1S/C25H24N2O5/c1-4-5-14-27-23(28)22-21(18-11-7-9-13-20(18)32-22)31-16-25(27,2)24(29)26-15-17-10-6-8-12-19(17)30-3/h1,6-13H,5,14-16H2,2-3H3,(H,26,29)/t25-/m0/s1. The molecule has 7 nitrogen and oxygen atoms in total. The van der Waals surface area contributed by atoms with Gasteiger partial charge in [0.05, 0.1) is 12.5 Å². The molecule has 0 unspecified atom stereocenters. The first kappa shape index (κ1) is 21.3. The number of nitrogens with zero attached hydrogens (tertiary/aromatic N) is 1. The van der Waals surface area contributed by atoms with Gasteiger partial charge in [0.15, 0.2) is 11.3 Å². The zero-order chi connectivity index (χ0) is 22.7. The Morgan fingerprint density at radius 2 is 2.00 bits per heavy atom. The second kappa shape index (κ2) is 8.67. The number of carbonyl (C=O) groups is 2. The number of furan rings is 1. The number of ether oxygens (including phenoxy) is 2. The Balaban J connectivity index is 1.65. The normalized spacial score (nSPS) is 17.8. The number of hydrogen-bond donors (Lipinski definition) is 1. The molecular weight excluding hydrogens is 408 g/mol. The molecule has 2 heterocycles. The average molecular weight is 432 g/mol. The lowest BCUT2D eigenvalue weighted by Gasteiger charge is -2.37. The molecule has 0 radical (unpaired) electrons. The summed E-state index contributed by atoms with van der Waals surface area (Å²) < 4.78 is 17.2. The third-order valence-electron chi connectivity index (χ3n) is 5.68. The first-order chi connectivity index (χ1) is 15.5. The van der Waals surface area contributed by atoms with Crippen LogP contribution in [0.1, 0.15) is 29.5 Å². The van der Waals surface area contributed by atoms with Crippen LogP contribution in [0, 0.1) is 12.3 Å². The Labute approximate surface area is 186 Å². The third kappa shape index (κ3) is 3.65. The zero-order valence-electron chi connectivity index (χ0n) is 18.0. The van der Waals surface area contributed by atoms with Crippen molar-refractivity contribution in [3.05, 3.63) is 59.9 Å². The van der Waals surface area contributed by atoms with E-state index in [1.165, 1.54) is 4.90 Å². The van der Waals surface area contributed by atoms with Crippen molar-refractivity contribution in [2.45, 2.75) is 25.4 Å². The quantitative estimate of drug-likeness (QED) is 0.604. The lowest BCUT2D eigenvalue weighted by Crippen LogP contribution is -2.61. The number of amides is 2. The monoisotopic (exact) mass is 432 g/mol. The zero-order valence-corrected chi connectivity index (χ0v) is 18.0. The predicted molar refractivity (Wildman–Crippen MR) is 119 cm³/mol. The molecule has 1 N–H and O–H groups in total. The van der Waals surface area contributed by atoms with Crippen LogP contribution in [0.15, 0.2) is 52.9 Å². The number of methoxy groups -OCH3 is 1. The van der Waals surface area contributed by atoms with Gasteiger partial charge in [-0.2, -0.15) is 0 Å². The largest absolute Gasteiger partial charge is 0.496 e. The van der Waals surface area contributed by atoms with E-state index >= 15 is 0 Å². The summed E-state index contributed by atoms with van der Waals surface area (Å²) in [5.41, 5.74) is 0.0753. The number of hydrogen-bond acceptors (Lipinski definition) is 5. The summed E-state index contributed by atoms with van der Waals surface area (Å²) in [5, 5.41) is 3.61. The molecule has 2 amide bonds. The van der Waals surface area contributed by atoms with E-state index in [0.29, 0.717) is 22.5 Å². The summed E-state index contributed by atoms with van der Waals surface area (Å²) in [4.78, 5) is 28.3. The molecule has 0 fully saturated rings. The molecule has 3 aromatic rings. The van der Waals surface area contributed by atoms with Gasteiger partial charge in [0.2, 0.25) is 11.7 Å². The van der Waals surface area contributed by atoms with Gasteiger partial charge in [0, 0.05) is 25.1 Å². The average Bonchev–Trinajstić information content (AvgIpc) is 3.15. The summed E-state index contributed by atoms with van der Waals surface area (Å²) in [5.74, 6) is 2.84. The molecule has 1 atom stereocenters. The minimum absolute atomic E-state index is 0.0441. The smallest absolute Gasteiger partial charge is 0.294 e. The number of fused-ring (bicyclic) bond motifs is 3. The van der Waals surface area contributed by atoms with Gasteiger partial charge in [0.1, 0.15) is 17.9 Å². The SMILES string of the molecule is C#CCCN1C(=O)c2oc3ccccc3c2OC[C@@]1(C)C(=O)NCc1ccccc1OC. The van der Waals surface area contributed by atoms with Crippen molar-refractivity contribution in [1.29, 1.82) is 0 Å². The van der Waals surface area contributed by atoms with Crippen LogP contribution in [0.25, 0.3) is 11.0 Å². The topological polar surface area (TPSA) is 81.0 Å². The Morgan fingerprint density at radius 3 is 2.78 bits per heavy atom. The second-order valence-electron chi connectivity index (χ2n) is 7.72. The summed E-state index contributed by atoms with van der Waals surface area (Å²) in [6.45, 7) is 2.06. The van der Waals surface area contributed by atoms with Crippen LogP contribution in [0.3, 0.4) is 0 Å². The number of nitrogens with one attached hydrogen (secondary N) is 1. The van der Waals surface area contributed by atoms with Crippen LogP contribution in [0.4, 0.5) is 0 Å². The summed E-state index contributed by atoms with van der Waals surface area (Å²) in [7, 11) is 1.58. The maximum absolute atomic E-state index is 13.5. The molecular formula is C25H24N2O5. The Hall–Kier alpha value is -3.92. The van der Waals surface area contributed by atoms with Crippen LogP contribution in [0.5, 0.6) is 11.5 Å². The van der Waals surface area contributed by atoms with E-state index in [4.69, 9.17) is 20.3 Å². The summed E-state index contributed by atoms with van der Waals surface area (Å²) in [6, 6.07) is 14.7. The highest BCUT2D eigenvalue weighted by Crippen LogP contribution is 2.38. The third-order valence-corrected chi connectivity index (χ3v) is 5.68. The molecule has 0 saturated carbocycles. The molecule has 1 aliphatic heterocycles. The van der Waals surface area contributed by atoms with Crippen LogP contribution >= 0.6 is 0 Å². The van der Waals surface area contributed by atoms with Gasteiger partial charge >= 0.3 is 0 Å². The lowest BCUT2D eigenvalue weighted by atomic mass is 9.98. The molecule has 0 bridgehead atoms. The molecule has 164 valence electrons. The van der Waals surface area contributed by atoms with E-state index in [0.717, 1.165) is 5.56 Å². The van der Waals surface area contributed by atoms with Crippen molar-refractivity contribution >= 4 is 22.8 Å². The molecule has 0 saturated heterocycles. The fourth-order valence-corrected chi connectivity index (χ4v) is 3.87. The second-order valence-corrected chi connectivity index (χ2v) is 7.72. The van der Waals surface area contributed by atoms with Crippen molar-refractivity contribution in [2.75, 3.05) is 20.3 Å². The molecule has 1 aliphatic rings. The van der Waals surface area contributed by atoms with Crippen LogP contribution in [0.2, 0.25) is 0 Å². The van der Waals surface area contributed by atoms with Gasteiger partial charge in [-0.1, -0.05) is 30.3 Å². The highest BCUT2D eigenvalue weighted by atomic mass is 16.5. The Morgan fingerprint density at radius 1 is 1.25 bits per heavy atom. The van der Waals surface area contributed by atoms with Crippen molar-refractivity contribution in [3.8, 4) is 23.8 Å². The fourth-order valence-electron chi connectivity index (χ4n) is 3.87. The number of para-hydroxylation sites is 2. The minimum atomic E-state index is -1.29. The van der Waals surface area contributed by atoms with Gasteiger partial charge in [-0.05, 0) is 25.1 Å². The van der Waals surface area contributed by atoms with E-state index in [9.17, 15) is 9.59 Å². The number of carbonyl (C=O) groups excluding carboxylic acids is 2. The molecule has 32 heavy (non-hydrogen) atoms. The molecule has 7 heteroatoms. The number of rotatable bonds is 6. The fraction of sp³-hybridized carbons (Fsp3) is 0.280. The maximum atomic E-state index is 13.5. The first-order valence-corrected chi connectivity index (χ1v) is 10.3.